The zero-order valence-corrected chi connectivity index (χ0v) is 41.7. The van der Waals surface area contributed by atoms with Gasteiger partial charge in [-0.2, -0.15) is 0 Å². The lowest BCUT2D eigenvalue weighted by atomic mass is 9.98. The second-order valence-electron chi connectivity index (χ2n) is 19.1. The summed E-state index contributed by atoms with van der Waals surface area (Å²) in [4.78, 5) is 25.7. The first-order chi connectivity index (χ1) is 32.5. The minimum absolute atomic E-state index is 0.169. The summed E-state index contributed by atoms with van der Waals surface area (Å²) in [5, 5.41) is 72.0. The highest BCUT2D eigenvalue weighted by Crippen LogP contribution is 2.27. The average molecular weight is 961 g/mol. The van der Waals surface area contributed by atoms with Gasteiger partial charge in [-0.3, -0.25) is 9.59 Å². The van der Waals surface area contributed by atoms with Crippen molar-refractivity contribution in [1.29, 1.82) is 0 Å². The molecule has 15 nitrogen and oxygen atoms in total. The number of rotatable bonds is 42. The molecule has 0 saturated carbocycles. The normalized spacial score (nSPS) is 26.0. The number of aliphatic hydroxyl groups excluding tert-OH is 7. The van der Waals surface area contributed by atoms with Crippen LogP contribution in [0.4, 0.5) is 0 Å². The van der Waals surface area contributed by atoms with Crippen LogP contribution in [-0.2, 0) is 38.0 Å². The molecule has 0 aromatic carbocycles. The van der Waals surface area contributed by atoms with Crippen LogP contribution in [0.1, 0.15) is 213 Å². The summed E-state index contributed by atoms with van der Waals surface area (Å²) in [7, 11) is 0. The monoisotopic (exact) mass is 961 g/mol. The molecule has 0 spiro atoms. The molecule has 15 heteroatoms. The molecular formula is C52H96O15. The van der Waals surface area contributed by atoms with E-state index in [-0.39, 0.29) is 26.1 Å². The Morgan fingerprint density at radius 2 is 0.851 bits per heavy atom. The van der Waals surface area contributed by atoms with E-state index in [1.807, 2.05) is 0 Å². The topological polar surface area (TPSA) is 231 Å². The molecule has 0 aromatic rings. The van der Waals surface area contributed by atoms with Crippen molar-refractivity contribution in [3.05, 3.63) is 12.2 Å². The first-order valence-electron chi connectivity index (χ1n) is 26.8. The van der Waals surface area contributed by atoms with E-state index in [2.05, 4.69) is 26.0 Å². The Kier molecular flexibility index (Phi) is 36.5. The standard InChI is InChI=1S/C52H96O15/c1-3-5-7-9-11-13-14-15-16-17-18-19-20-21-22-23-24-25-26-27-29-31-33-35-44(55)65-40(37-62-43(54)34-32-30-28-12-10-8-6-4-2)38-63-51-50(61)48(59)46(57)42(67-51)39-64-52-49(60)47(58)45(56)41(36-53)66-52/h17-18,40-42,45-53,56-61H,3-16,19-39H2,1-2H3/b18-17-. The van der Waals surface area contributed by atoms with Gasteiger partial charge in [-0.15, -0.1) is 0 Å². The summed E-state index contributed by atoms with van der Waals surface area (Å²) >= 11 is 0. The van der Waals surface area contributed by atoms with E-state index < -0.39 is 92.7 Å². The fourth-order valence-corrected chi connectivity index (χ4v) is 8.57. The number of hydrogen-bond donors (Lipinski definition) is 7. The molecule has 0 radical (unpaired) electrons. The van der Waals surface area contributed by atoms with E-state index in [0.717, 1.165) is 38.5 Å². The number of carbonyl (C=O) groups is 2. The molecule has 394 valence electrons. The van der Waals surface area contributed by atoms with Gasteiger partial charge in [-0.05, 0) is 38.5 Å². The first-order valence-corrected chi connectivity index (χ1v) is 26.8. The molecule has 0 aliphatic carbocycles. The van der Waals surface area contributed by atoms with E-state index in [1.54, 1.807) is 0 Å². The van der Waals surface area contributed by atoms with Crippen molar-refractivity contribution in [2.24, 2.45) is 0 Å². The van der Waals surface area contributed by atoms with Crippen molar-refractivity contribution in [3.63, 3.8) is 0 Å². The fourth-order valence-electron chi connectivity index (χ4n) is 8.57. The number of allylic oxidation sites excluding steroid dienone is 2. The van der Waals surface area contributed by atoms with Gasteiger partial charge in [-0.25, -0.2) is 0 Å². The van der Waals surface area contributed by atoms with Crippen LogP contribution in [0.25, 0.3) is 0 Å². The van der Waals surface area contributed by atoms with E-state index in [9.17, 15) is 45.3 Å². The third-order valence-electron chi connectivity index (χ3n) is 13.0. The lowest BCUT2D eigenvalue weighted by Crippen LogP contribution is -2.61. The number of ether oxygens (including phenoxy) is 6. The third-order valence-corrected chi connectivity index (χ3v) is 13.0. The summed E-state index contributed by atoms with van der Waals surface area (Å²) in [6, 6.07) is 0. The fraction of sp³-hybridized carbons (Fsp3) is 0.923. The Hall–Kier alpha value is -1.76. The zero-order valence-electron chi connectivity index (χ0n) is 41.7. The number of esters is 2. The molecule has 2 rings (SSSR count). The summed E-state index contributed by atoms with van der Waals surface area (Å²) in [6.45, 7) is 2.57. The maximum absolute atomic E-state index is 13.0. The highest BCUT2D eigenvalue weighted by atomic mass is 16.7. The van der Waals surface area contributed by atoms with Gasteiger partial charge in [0.1, 0.15) is 55.4 Å². The van der Waals surface area contributed by atoms with Gasteiger partial charge in [0.25, 0.3) is 0 Å². The average Bonchev–Trinajstić information content (AvgIpc) is 3.32. The molecule has 2 fully saturated rings. The predicted molar refractivity (Wildman–Crippen MR) is 257 cm³/mol. The van der Waals surface area contributed by atoms with Gasteiger partial charge < -0.3 is 64.2 Å². The molecule has 0 bridgehead atoms. The highest BCUT2D eigenvalue weighted by Gasteiger charge is 2.47. The Bertz CT molecular complexity index is 1220. The van der Waals surface area contributed by atoms with Crippen molar-refractivity contribution < 1.29 is 73.8 Å². The minimum atomic E-state index is -1.76. The largest absolute Gasteiger partial charge is 0.462 e. The zero-order chi connectivity index (χ0) is 48.9. The Balaban J connectivity index is 1.72. The van der Waals surface area contributed by atoms with Gasteiger partial charge in [0.15, 0.2) is 18.7 Å². The Morgan fingerprint density at radius 1 is 0.463 bits per heavy atom. The van der Waals surface area contributed by atoms with Crippen LogP contribution >= 0.6 is 0 Å². The number of carbonyl (C=O) groups excluding carboxylic acids is 2. The van der Waals surface area contributed by atoms with Gasteiger partial charge in [0.05, 0.1) is 19.8 Å². The summed E-state index contributed by atoms with van der Waals surface area (Å²) in [6.07, 6.45) is 22.7. The van der Waals surface area contributed by atoms with E-state index in [1.165, 1.54) is 135 Å². The van der Waals surface area contributed by atoms with Gasteiger partial charge in [0, 0.05) is 12.8 Å². The van der Waals surface area contributed by atoms with Crippen molar-refractivity contribution in [1.82, 2.24) is 0 Å². The van der Waals surface area contributed by atoms with Crippen molar-refractivity contribution in [2.45, 2.75) is 280 Å². The molecule has 2 aliphatic heterocycles. The second-order valence-corrected chi connectivity index (χ2v) is 19.1. The molecule has 0 aromatic heterocycles. The maximum atomic E-state index is 13.0. The van der Waals surface area contributed by atoms with E-state index in [4.69, 9.17) is 28.4 Å². The van der Waals surface area contributed by atoms with Crippen molar-refractivity contribution in [2.75, 3.05) is 26.4 Å². The second kappa shape index (κ2) is 39.9. The number of aliphatic hydroxyl groups is 7. The molecule has 2 aliphatic rings. The van der Waals surface area contributed by atoms with Crippen molar-refractivity contribution in [3.8, 4) is 0 Å². The SMILES string of the molecule is CCCCCCCCCC/C=C\CCCCCCCCCCCCCC(=O)OC(COC(=O)CCCCCCCCCC)COC1OC(COC2OC(CO)C(O)C(O)C2O)C(O)C(O)C1O. The number of unbranched alkanes of at least 4 members (excludes halogenated alkanes) is 26. The van der Waals surface area contributed by atoms with Gasteiger partial charge in [-0.1, -0.05) is 174 Å². The molecule has 7 N–H and O–H groups in total. The van der Waals surface area contributed by atoms with Crippen LogP contribution in [0.15, 0.2) is 12.2 Å². The smallest absolute Gasteiger partial charge is 0.306 e. The van der Waals surface area contributed by atoms with Crippen molar-refractivity contribution >= 4 is 11.9 Å². The maximum Gasteiger partial charge on any atom is 0.306 e. The van der Waals surface area contributed by atoms with Gasteiger partial charge >= 0.3 is 11.9 Å². The molecule has 67 heavy (non-hydrogen) atoms. The molecule has 2 heterocycles. The summed E-state index contributed by atoms with van der Waals surface area (Å²) < 4.78 is 33.5. The van der Waals surface area contributed by atoms with Crippen LogP contribution in [-0.4, -0.2) is 142 Å². The molecule has 11 unspecified atom stereocenters. The number of hydrogen-bond acceptors (Lipinski definition) is 15. The molecule has 2 saturated heterocycles. The van der Waals surface area contributed by atoms with Crippen LogP contribution in [0.3, 0.4) is 0 Å². The lowest BCUT2D eigenvalue weighted by molar-refractivity contribution is -0.332. The summed E-state index contributed by atoms with van der Waals surface area (Å²) in [5.41, 5.74) is 0. The predicted octanol–water partition coefficient (Wildman–Crippen LogP) is 7.77. The molecular weight excluding hydrogens is 865 g/mol. The quantitative estimate of drug-likeness (QED) is 0.0176. The third kappa shape index (κ3) is 28.0. The van der Waals surface area contributed by atoms with E-state index in [0.29, 0.717) is 12.8 Å². The molecule has 11 atom stereocenters. The van der Waals surface area contributed by atoms with Crippen LogP contribution in [0.2, 0.25) is 0 Å². The Labute approximate surface area is 403 Å². The van der Waals surface area contributed by atoms with Crippen LogP contribution in [0.5, 0.6) is 0 Å². The van der Waals surface area contributed by atoms with Crippen LogP contribution in [0, 0.1) is 0 Å². The Morgan fingerprint density at radius 3 is 1.31 bits per heavy atom. The molecule has 0 amide bonds. The van der Waals surface area contributed by atoms with Crippen LogP contribution < -0.4 is 0 Å². The summed E-state index contributed by atoms with van der Waals surface area (Å²) in [5.74, 6) is -0.921. The first kappa shape index (κ1) is 61.4. The highest BCUT2D eigenvalue weighted by molar-refractivity contribution is 5.70. The lowest BCUT2D eigenvalue weighted by Gasteiger charge is -2.42. The minimum Gasteiger partial charge on any atom is -0.462 e. The van der Waals surface area contributed by atoms with E-state index >= 15 is 0 Å². The van der Waals surface area contributed by atoms with Gasteiger partial charge in [0.2, 0.25) is 0 Å².